The Morgan fingerprint density at radius 3 is 2.41 bits per heavy atom. The first-order valence-corrected chi connectivity index (χ1v) is 10.1. The molecule has 1 fully saturated rings. The molecular formula is C23H27N3O3. The predicted molar refractivity (Wildman–Crippen MR) is 113 cm³/mol. The standard InChI is InChI=1S/C23H27N3O3/c27-22(15-18-7-3-1-4-8-18)26-24-16-19-11-13-21(14-12-19)29-17-23(28)25-20-9-5-2-6-10-20/h1,3-4,7-8,11-14,16,20H,2,5-6,9-10,15,17H2,(H,25,28)(H,26,27). The van der Waals surface area contributed by atoms with Crippen LogP contribution < -0.4 is 15.5 Å². The third kappa shape index (κ3) is 7.41. The van der Waals surface area contributed by atoms with Crippen molar-refractivity contribution >= 4 is 18.0 Å². The molecule has 0 radical (unpaired) electrons. The predicted octanol–water partition coefficient (Wildman–Crippen LogP) is 3.21. The lowest BCUT2D eigenvalue weighted by Gasteiger charge is -2.22. The highest BCUT2D eigenvalue weighted by atomic mass is 16.5. The van der Waals surface area contributed by atoms with Crippen LogP contribution >= 0.6 is 0 Å². The summed E-state index contributed by atoms with van der Waals surface area (Å²) >= 11 is 0. The second-order valence-corrected chi connectivity index (χ2v) is 7.22. The van der Waals surface area contributed by atoms with Crippen molar-refractivity contribution in [1.29, 1.82) is 0 Å². The number of amides is 2. The number of nitrogens with one attached hydrogen (secondary N) is 2. The molecule has 0 spiro atoms. The molecule has 0 bridgehead atoms. The van der Waals surface area contributed by atoms with Gasteiger partial charge in [-0.1, -0.05) is 49.6 Å². The summed E-state index contributed by atoms with van der Waals surface area (Å²) in [7, 11) is 0. The Bertz CT molecular complexity index is 813. The van der Waals surface area contributed by atoms with Gasteiger partial charge in [-0.05, 0) is 48.2 Å². The molecule has 2 N–H and O–H groups in total. The van der Waals surface area contributed by atoms with Gasteiger partial charge in [-0.2, -0.15) is 5.10 Å². The average molecular weight is 393 g/mol. The fourth-order valence-electron chi connectivity index (χ4n) is 3.31. The molecule has 2 amide bonds. The van der Waals surface area contributed by atoms with Gasteiger partial charge < -0.3 is 10.1 Å². The second kappa shape index (κ2) is 11.0. The van der Waals surface area contributed by atoms with Crippen LogP contribution in [0.15, 0.2) is 59.7 Å². The number of hydrazone groups is 1. The molecule has 0 unspecified atom stereocenters. The first-order chi connectivity index (χ1) is 14.2. The van der Waals surface area contributed by atoms with Crippen LogP contribution in [0.3, 0.4) is 0 Å². The maximum atomic E-state index is 12.0. The number of hydrogen-bond donors (Lipinski definition) is 2. The topological polar surface area (TPSA) is 79.8 Å². The van der Waals surface area contributed by atoms with Crippen LogP contribution in [0.5, 0.6) is 5.75 Å². The van der Waals surface area contributed by atoms with Crippen LogP contribution in [0.2, 0.25) is 0 Å². The molecule has 6 heteroatoms. The Hall–Kier alpha value is -3.15. The fraction of sp³-hybridized carbons (Fsp3) is 0.348. The first-order valence-electron chi connectivity index (χ1n) is 10.1. The van der Waals surface area contributed by atoms with Gasteiger partial charge in [-0.15, -0.1) is 0 Å². The molecule has 2 aromatic carbocycles. The Labute approximate surface area is 171 Å². The van der Waals surface area contributed by atoms with E-state index in [4.69, 9.17) is 4.74 Å². The highest BCUT2D eigenvalue weighted by Crippen LogP contribution is 2.17. The van der Waals surface area contributed by atoms with Crippen LogP contribution in [-0.2, 0) is 16.0 Å². The van der Waals surface area contributed by atoms with Crippen LogP contribution in [-0.4, -0.2) is 30.7 Å². The fourth-order valence-corrected chi connectivity index (χ4v) is 3.31. The van der Waals surface area contributed by atoms with Gasteiger partial charge >= 0.3 is 0 Å². The minimum atomic E-state index is -0.170. The molecule has 1 aliphatic rings. The summed E-state index contributed by atoms with van der Waals surface area (Å²) in [6.45, 7) is 0.0134. The normalized spacial score (nSPS) is 14.5. The van der Waals surface area contributed by atoms with E-state index in [1.807, 2.05) is 42.5 Å². The molecule has 0 atom stereocenters. The van der Waals surface area contributed by atoms with E-state index in [-0.39, 0.29) is 30.9 Å². The average Bonchev–Trinajstić information content (AvgIpc) is 2.75. The number of benzene rings is 2. The Balaban J connectivity index is 1.38. The van der Waals surface area contributed by atoms with E-state index in [9.17, 15) is 9.59 Å². The van der Waals surface area contributed by atoms with Crippen LogP contribution in [0.25, 0.3) is 0 Å². The first kappa shape index (κ1) is 20.6. The van der Waals surface area contributed by atoms with Gasteiger partial charge in [0.1, 0.15) is 5.75 Å². The zero-order chi connectivity index (χ0) is 20.3. The number of nitrogens with zero attached hydrogens (tertiary/aromatic N) is 1. The molecule has 152 valence electrons. The van der Waals surface area contributed by atoms with Gasteiger partial charge in [0, 0.05) is 6.04 Å². The lowest BCUT2D eigenvalue weighted by molar-refractivity contribution is -0.124. The van der Waals surface area contributed by atoms with E-state index in [1.165, 1.54) is 19.3 Å². The van der Waals surface area contributed by atoms with Crippen molar-refractivity contribution in [2.45, 2.75) is 44.6 Å². The molecule has 0 aromatic heterocycles. The zero-order valence-corrected chi connectivity index (χ0v) is 16.5. The summed E-state index contributed by atoms with van der Waals surface area (Å²) in [5.41, 5.74) is 4.28. The van der Waals surface area contributed by atoms with Gasteiger partial charge in [-0.25, -0.2) is 5.43 Å². The number of ether oxygens (including phenoxy) is 1. The molecule has 3 rings (SSSR count). The molecule has 1 saturated carbocycles. The van der Waals surface area contributed by atoms with Crippen molar-refractivity contribution in [1.82, 2.24) is 10.7 Å². The lowest BCUT2D eigenvalue weighted by atomic mass is 9.95. The van der Waals surface area contributed by atoms with Crippen molar-refractivity contribution in [2.24, 2.45) is 5.10 Å². The quantitative estimate of drug-likeness (QED) is 0.534. The van der Waals surface area contributed by atoms with Crippen molar-refractivity contribution in [3.8, 4) is 5.75 Å². The summed E-state index contributed by atoms with van der Waals surface area (Å²) in [4.78, 5) is 23.9. The van der Waals surface area contributed by atoms with Crippen LogP contribution in [0.4, 0.5) is 0 Å². The molecule has 1 aliphatic carbocycles. The van der Waals surface area contributed by atoms with Gasteiger partial charge in [0.25, 0.3) is 5.91 Å². The Morgan fingerprint density at radius 1 is 0.966 bits per heavy atom. The third-order valence-electron chi connectivity index (χ3n) is 4.83. The van der Waals surface area contributed by atoms with Crippen molar-refractivity contribution in [3.05, 3.63) is 65.7 Å². The smallest absolute Gasteiger partial charge is 0.258 e. The minimum absolute atomic E-state index is 0.0134. The maximum Gasteiger partial charge on any atom is 0.258 e. The number of rotatable bonds is 8. The van der Waals surface area contributed by atoms with Crippen molar-refractivity contribution in [2.75, 3.05) is 6.61 Å². The summed E-state index contributed by atoms with van der Waals surface area (Å²) in [6, 6.07) is 17.0. The van der Waals surface area contributed by atoms with E-state index in [2.05, 4.69) is 15.8 Å². The summed E-state index contributed by atoms with van der Waals surface area (Å²) in [5, 5.41) is 7.01. The number of hydrogen-bond acceptors (Lipinski definition) is 4. The second-order valence-electron chi connectivity index (χ2n) is 7.22. The van der Waals surface area contributed by atoms with Crippen LogP contribution in [0, 0.1) is 0 Å². The maximum absolute atomic E-state index is 12.0. The Morgan fingerprint density at radius 2 is 1.69 bits per heavy atom. The number of carbonyl (C=O) groups is 2. The van der Waals surface area contributed by atoms with E-state index in [0.29, 0.717) is 5.75 Å². The molecule has 0 aliphatic heterocycles. The number of carbonyl (C=O) groups excluding carboxylic acids is 2. The molecule has 29 heavy (non-hydrogen) atoms. The molecule has 0 heterocycles. The summed E-state index contributed by atoms with van der Waals surface area (Å²) in [5.74, 6) is 0.370. The van der Waals surface area contributed by atoms with Gasteiger partial charge in [0.2, 0.25) is 5.91 Å². The van der Waals surface area contributed by atoms with Gasteiger partial charge in [-0.3, -0.25) is 9.59 Å². The van der Waals surface area contributed by atoms with E-state index >= 15 is 0 Å². The lowest BCUT2D eigenvalue weighted by Crippen LogP contribution is -2.38. The van der Waals surface area contributed by atoms with Crippen molar-refractivity contribution in [3.63, 3.8) is 0 Å². The third-order valence-corrected chi connectivity index (χ3v) is 4.83. The molecule has 0 saturated heterocycles. The SMILES string of the molecule is O=C(Cc1ccccc1)NN=Cc1ccc(OCC(=O)NC2CCCCC2)cc1. The van der Waals surface area contributed by atoms with Crippen LogP contribution in [0.1, 0.15) is 43.2 Å². The summed E-state index contributed by atoms with van der Waals surface area (Å²) < 4.78 is 5.55. The van der Waals surface area contributed by atoms with E-state index in [0.717, 1.165) is 24.0 Å². The molecule has 6 nitrogen and oxygen atoms in total. The van der Waals surface area contributed by atoms with Gasteiger partial charge in [0.15, 0.2) is 6.61 Å². The van der Waals surface area contributed by atoms with E-state index < -0.39 is 0 Å². The monoisotopic (exact) mass is 393 g/mol. The highest BCUT2D eigenvalue weighted by molar-refractivity contribution is 5.83. The molecular weight excluding hydrogens is 366 g/mol. The Kier molecular flexibility index (Phi) is 7.81. The zero-order valence-electron chi connectivity index (χ0n) is 16.5. The minimum Gasteiger partial charge on any atom is -0.484 e. The van der Waals surface area contributed by atoms with Crippen molar-refractivity contribution < 1.29 is 14.3 Å². The highest BCUT2D eigenvalue weighted by Gasteiger charge is 2.15. The molecule has 2 aromatic rings. The summed E-state index contributed by atoms with van der Waals surface area (Å²) in [6.07, 6.45) is 7.60. The van der Waals surface area contributed by atoms with E-state index in [1.54, 1.807) is 18.3 Å². The van der Waals surface area contributed by atoms with Gasteiger partial charge in [0.05, 0.1) is 12.6 Å². The largest absolute Gasteiger partial charge is 0.484 e.